The summed E-state index contributed by atoms with van der Waals surface area (Å²) in [6.45, 7) is 1.92. The highest BCUT2D eigenvalue weighted by molar-refractivity contribution is 6.48. The van der Waals surface area contributed by atoms with E-state index in [1.54, 1.807) is 12.1 Å². The summed E-state index contributed by atoms with van der Waals surface area (Å²) >= 11 is 5.94. The van der Waals surface area contributed by atoms with Gasteiger partial charge in [0.2, 0.25) is 0 Å². The molecule has 0 aromatic heterocycles. The third-order valence-corrected chi connectivity index (χ3v) is 2.53. The Balaban J connectivity index is 3.02. The number of allylic oxidation sites excluding steroid dienone is 2. The molecule has 5 heteroatoms. The van der Waals surface area contributed by atoms with Crippen molar-refractivity contribution in [3.8, 4) is 0 Å². The first-order valence-corrected chi connectivity index (χ1v) is 5.40. The lowest BCUT2D eigenvalue weighted by molar-refractivity contribution is -0.140. The summed E-state index contributed by atoms with van der Waals surface area (Å²) in [5.74, 6) is -3.01. The molecule has 0 aliphatic rings. The van der Waals surface area contributed by atoms with E-state index in [1.807, 2.05) is 19.1 Å². The molecular weight excluding hydrogens is 256 g/mol. The van der Waals surface area contributed by atoms with Gasteiger partial charge in [0.1, 0.15) is 5.57 Å². The lowest BCUT2D eigenvalue weighted by atomic mass is 10.1. The number of hydrogen-bond acceptors (Lipinski definition) is 2. The van der Waals surface area contributed by atoms with Gasteiger partial charge in [0.15, 0.2) is 0 Å². The first-order valence-electron chi connectivity index (χ1n) is 5.03. The number of benzene rings is 1. The van der Waals surface area contributed by atoms with Gasteiger partial charge in [-0.1, -0.05) is 41.4 Å². The van der Waals surface area contributed by atoms with Crippen molar-refractivity contribution in [1.29, 1.82) is 0 Å². The zero-order chi connectivity index (χ0) is 13.7. The zero-order valence-electron chi connectivity index (χ0n) is 9.55. The first-order chi connectivity index (χ1) is 8.41. The summed E-state index contributed by atoms with van der Waals surface area (Å²) in [4.78, 5) is 21.2. The van der Waals surface area contributed by atoms with Crippen LogP contribution in [0.2, 0.25) is 0 Å². The summed E-state index contributed by atoms with van der Waals surface area (Å²) in [5.41, 5.74) is 1.02. The minimum Gasteiger partial charge on any atom is -0.477 e. The molecular formula is C13H11ClO4. The molecule has 0 amide bonds. The maximum Gasteiger partial charge on any atom is 0.343 e. The predicted octanol–water partition coefficient (Wildman–Crippen LogP) is 2.67. The van der Waals surface area contributed by atoms with Gasteiger partial charge < -0.3 is 10.2 Å². The number of aliphatic carboxylic acids is 2. The lowest BCUT2D eigenvalue weighted by Crippen LogP contribution is -2.10. The molecule has 0 atom stereocenters. The number of aryl methyl sites for hydroxylation is 1. The molecule has 1 aromatic carbocycles. The molecule has 0 heterocycles. The van der Waals surface area contributed by atoms with Crippen LogP contribution in [-0.4, -0.2) is 22.2 Å². The number of halogens is 1. The average Bonchev–Trinajstić information content (AvgIpc) is 2.28. The maximum absolute atomic E-state index is 10.6. The van der Waals surface area contributed by atoms with E-state index in [9.17, 15) is 9.59 Å². The van der Waals surface area contributed by atoms with Crippen LogP contribution in [0.1, 0.15) is 11.1 Å². The van der Waals surface area contributed by atoms with Gasteiger partial charge in [0, 0.05) is 5.03 Å². The van der Waals surface area contributed by atoms with Gasteiger partial charge in [0.05, 0.1) is 0 Å². The summed E-state index contributed by atoms with van der Waals surface area (Å²) in [7, 11) is 0. The number of carboxylic acids is 2. The van der Waals surface area contributed by atoms with Crippen LogP contribution in [0.5, 0.6) is 0 Å². The maximum atomic E-state index is 10.6. The Bertz CT molecular complexity index is 510. The van der Waals surface area contributed by atoms with Crippen LogP contribution in [-0.2, 0) is 9.59 Å². The third kappa shape index (κ3) is 3.75. The van der Waals surface area contributed by atoms with Gasteiger partial charge >= 0.3 is 11.9 Å². The highest BCUT2D eigenvalue weighted by Crippen LogP contribution is 2.19. The molecule has 0 saturated carbocycles. The van der Waals surface area contributed by atoms with Gasteiger partial charge in [-0.3, -0.25) is 0 Å². The predicted molar refractivity (Wildman–Crippen MR) is 68.4 cm³/mol. The van der Waals surface area contributed by atoms with Crippen molar-refractivity contribution in [2.24, 2.45) is 0 Å². The van der Waals surface area contributed by atoms with E-state index in [1.165, 1.54) is 6.08 Å². The normalized spacial score (nSPS) is 10.9. The van der Waals surface area contributed by atoms with Crippen molar-refractivity contribution >= 4 is 28.6 Å². The van der Waals surface area contributed by atoms with Gasteiger partial charge in [-0.2, -0.15) is 0 Å². The fraction of sp³-hybridized carbons (Fsp3) is 0.0769. The topological polar surface area (TPSA) is 74.6 Å². The fourth-order valence-electron chi connectivity index (χ4n) is 1.20. The molecule has 0 bridgehead atoms. The zero-order valence-corrected chi connectivity index (χ0v) is 10.3. The van der Waals surface area contributed by atoms with Gasteiger partial charge in [-0.05, 0) is 24.6 Å². The average molecular weight is 267 g/mol. The van der Waals surface area contributed by atoms with Crippen LogP contribution in [0.3, 0.4) is 0 Å². The number of hydrogen-bond donors (Lipinski definition) is 2. The second-order valence-corrected chi connectivity index (χ2v) is 3.98. The molecule has 0 unspecified atom stereocenters. The second-order valence-electron chi connectivity index (χ2n) is 3.57. The lowest BCUT2D eigenvalue weighted by Gasteiger charge is -1.99. The van der Waals surface area contributed by atoms with Crippen molar-refractivity contribution in [2.75, 3.05) is 0 Å². The number of rotatable bonds is 4. The standard InChI is InChI=1S/C13H11ClO4/c1-8-2-4-9(5-3-8)11(14)7-6-10(12(15)16)13(17)18/h2-7H,1H3,(H,15,16)(H,17,18)/b11-7-. The number of carbonyl (C=O) groups is 2. The Labute approximate surface area is 109 Å². The fourth-order valence-corrected chi connectivity index (χ4v) is 1.39. The summed E-state index contributed by atoms with van der Waals surface area (Å²) in [6, 6.07) is 7.24. The van der Waals surface area contributed by atoms with Crippen LogP contribution in [0.25, 0.3) is 5.03 Å². The molecule has 94 valence electrons. The quantitative estimate of drug-likeness (QED) is 0.380. The molecule has 0 spiro atoms. The van der Waals surface area contributed by atoms with E-state index in [0.717, 1.165) is 11.6 Å². The Kier molecular flexibility index (Phi) is 4.68. The molecule has 1 aromatic rings. The van der Waals surface area contributed by atoms with Crippen LogP contribution in [0.15, 0.2) is 42.0 Å². The Hall–Kier alpha value is -2.07. The van der Waals surface area contributed by atoms with Crippen molar-refractivity contribution < 1.29 is 19.8 Å². The molecule has 0 radical (unpaired) electrons. The van der Waals surface area contributed by atoms with Crippen LogP contribution < -0.4 is 0 Å². The van der Waals surface area contributed by atoms with Crippen molar-refractivity contribution in [1.82, 2.24) is 0 Å². The molecule has 2 N–H and O–H groups in total. The minimum absolute atomic E-state index is 0.273. The minimum atomic E-state index is -1.51. The van der Waals surface area contributed by atoms with E-state index in [0.29, 0.717) is 5.56 Å². The van der Waals surface area contributed by atoms with E-state index in [-0.39, 0.29) is 5.03 Å². The SMILES string of the molecule is Cc1ccc(/C(Cl)=C/C=C(C(=O)O)C(=O)O)cc1. The molecule has 0 aliphatic heterocycles. The van der Waals surface area contributed by atoms with E-state index in [2.05, 4.69) is 0 Å². The van der Waals surface area contributed by atoms with Crippen molar-refractivity contribution in [3.63, 3.8) is 0 Å². The molecule has 1 rings (SSSR count). The third-order valence-electron chi connectivity index (χ3n) is 2.18. The molecule has 0 saturated heterocycles. The highest BCUT2D eigenvalue weighted by Gasteiger charge is 2.14. The van der Waals surface area contributed by atoms with Gasteiger partial charge in [0.25, 0.3) is 0 Å². The summed E-state index contributed by atoms with van der Waals surface area (Å²) < 4.78 is 0. The van der Waals surface area contributed by atoms with Crippen LogP contribution in [0.4, 0.5) is 0 Å². The largest absolute Gasteiger partial charge is 0.477 e. The Morgan fingerprint density at radius 3 is 2.00 bits per heavy atom. The van der Waals surface area contributed by atoms with Crippen molar-refractivity contribution in [3.05, 3.63) is 53.1 Å². The van der Waals surface area contributed by atoms with Gasteiger partial charge in [-0.25, -0.2) is 9.59 Å². The highest BCUT2D eigenvalue weighted by atomic mass is 35.5. The van der Waals surface area contributed by atoms with Crippen molar-refractivity contribution in [2.45, 2.75) is 6.92 Å². The Morgan fingerprint density at radius 2 is 1.56 bits per heavy atom. The van der Waals surface area contributed by atoms with Crippen LogP contribution >= 0.6 is 11.6 Å². The Morgan fingerprint density at radius 1 is 1.06 bits per heavy atom. The summed E-state index contributed by atoms with van der Waals surface area (Å²) in [5, 5.41) is 17.6. The smallest absolute Gasteiger partial charge is 0.343 e. The first kappa shape index (κ1) is 14.0. The second kappa shape index (κ2) is 6.02. The number of carboxylic acid groups (broad SMARTS) is 2. The molecule has 18 heavy (non-hydrogen) atoms. The molecule has 0 fully saturated rings. The van der Waals surface area contributed by atoms with Gasteiger partial charge in [-0.15, -0.1) is 0 Å². The van der Waals surface area contributed by atoms with E-state index < -0.39 is 17.5 Å². The van der Waals surface area contributed by atoms with E-state index >= 15 is 0 Å². The molecule has 4 nitrogen and oxygen atoms in total. The summed E-state index contributed by atoms with van der Waals surface area (Å²) in [6.07, 6.45) is 2.22. The monoisotopic (exact) mass is 266 g/mol. The van der Waals surface area contributed by atoms with Crippen LogP contribution in [0, 0.1) is 6.92 Å². The molecule has 0 aliphatic carbocycles. The van der Waals surface area contributed by atoms with E-state index in [4.69, 9.17) is 21.8 Å².